The number of hydrogen-bond acceptors (Lipinski definition) is 6. The predicted molar refractivity (Wildman–Crippen MR) is 87.5 cm³/mol. The van der Waals surface area contributed by atoms with E-state index in [0.717, 1.165) is 17.7 Å². The second-order valence-electron chi connectivity index (χ2n) is 4.47. The Morgan fingerprint density at radius 3 is 1.83 bits per heavy atom. The van der Waals surface area contributed by atoms with E-state index in [-0.39, 0.29) is 5.75 Å². The summed E-state index contributed by atoms with van der Waals surface area (Å²) < 4.78 is 27.1. The highest BCUT2D eigenvalue weighted by molar-refractivity contribution is 7.48. The Bertz CT molecular complexity index is 637. The Morgan fingerprint density at radius 1 is 0.958 bits per heavy atom. The number of amides is 2. The number of carbonyl (C=O) groups excluding carboxylic acids is 2. The lowest BCUT2D eigenvalue weighted by Crippen LogP contribution is -2.27. The predicted octanol–water partition coefficient (Wildman–Crippen LogP) is 2.73. The highest BCUT2D eigenvalue weighted by Crippen LogP contribution is 2.47. The van der Waals surface area contributed by atoms with Crippen molar-refractivity contribution < 1.29 is 27.9 Å². The number of aryl methyl sites for hydroxylation is 1. The molecule has 130 valence electrons. The zero-order valence-electron chi connectivity index (χ0n) is 13.5. The Balaban J connectivity index is 2.83. The van der Waals surface area contributed by atoms with Crippen molar-refractivity contribution in [3.63, 3.8) is 0 Å². The van der Waals surface area contributed by atoms with Crippen LogP contribution in [0.3, 0.4) is 0 Å². The molecule has 0 aliphatic heterocycles. The molecular formula is C15H19N2O6P. The van der Waals surface area contributed by atoms with Crippen LogP contribution in [0.25, 0.3) is 0 Å². The Kier molecular flexibility index (Phi) is 7.91. The Hall–Kier alpha value is -2.41. The number of nitrogens with one attached hydrogen (secondary N) is 2. The summed E-state index contributed by atoms with van der Waals surface area (Å²) in [5, 5.41) is 0. The van der Waals surface area contributed by atoms with Crippen molar-refractivity contribution in [1.29, 1.82) is 0 Å². The van der Waals surface area contributed by atoms with E-state index in [2.05, 4.69) is 0 Å². The molecule has 0 aliphatic rings. The van der Waals surface area contributed by atoms with Gasteiger partial charge in [-0.3, -0.25) is 9.59 Å². The first-order chi connectivity index (χ1) is 11.4. The molecule has 8 nitrogen and oxygen atoms in total. The van der Waals surface area contributed by atoms with Crippen molar-refractivity contribution in [2.75, 3.05) is 0 Å². The molecule has 0 fully saturated rings. The molecule has 1 aromatic carbocycles. The van der Waals surface area contributed by atoms with E-state index in [0.29, 0.717) is 0 Å². The molecule has 0 atom stereocenters. The summed E-state index contributed by atoms with van der Waals surface area (Å²) in [4.78, 5) is 22.7. The van der Waals surface area contributed by atoms with Gasteiger partial charge in [-0.15, -0.1) is 0 Å². The van der Waals surface area contributed by atoms with Crippen molar-refractivity contribution in [1.82, 2.24) is 11.0 Å². The molecule has 24 heavy (non-hydrogen) atoms. The number of carbonyl (C=O) groups is 2. The first-order valence-corrected chi connectivity index (χ1v) is 8.43. The van der Waals surface area contributed by atoms with E-state index in [1.807, 2.05) is 17.9 Å². The second kappa shape index (κ2) is 9.67. The van der Waals surface area contributed by atoms with Gasteiger partial charge in [0.25, 0.3) is 11.8 Å². The minimum absolute atomic E-state index is 0.171. The topological polar surface area (TPSA) is 103 Å². The minimum Gasteiger partial charge on any atom is -0.402 e. The third kappa shape index (κ3) is 7.23. The average molecular weight is 354 g/mol. The molecule has 2 amide bonds. The molecule has 0 bridgehead atoms. The van der Waals surface area contributed by atoms with Gasteiger partial charge in [0.05, 0.1) is 0 Å². The molecule has 0 heterocycles. The highest BCUT2D eigenvalue weighted by atomic mass is 31.2. The summed E-state index contributed by atoms with van der Waals surface area (Å²) in [5.74, 6) is -1.17. The van der Waals surface area contributed by atoms with E-state index in [4.69, 9.17) is 13.8 Å². The lowest BCUT2D eigenvalue weighted by Gasteiger charge is -2.17. The summed E-state index contributed by atoms with van der Waals surface area (Å²) in [6, 6.07) is 6.51. The Morgan fingerprint density at radius 2 is 1.42 bits per heavy atom. The first kappa shape index (κ1) is 19.6. The number of hydroxylamine groups is 2. The summed E-state index contributed by atoms with van der Waals surface area (Å²) in [5.41, 5.74) is 4.77. The third-order valence-electron chi connectivity index (χ3n) is 2.39. The van der Waals surface area contributed by atoms with Crippen molar-refractivity contribution in [3.8, 4) is 5.75 Å². The fourth-order valence-corrected chi connectivity index (χ4v) is 2.25. The average Bonchev–Trinajstić information content (AvgIpc) is 2.54. The van der Waals surface area contributed by atoms with Crippen LogP contribution in [0.5, 0.6) is 5.75 Å². The van der Waals surface area contributed by atoms with E-state index in [1.54, 1.807) is 26.0 Å². The van der Waals surface area contributed by atoms with Crippen LogP contribution in [0.2, 0.25) is 0 Å². The van der Waals surface area contributed by atoms with Crippen molar-refractivity contribution in [3.05, 3.63) is 54.1 Å². The lowest BCUT2D eigenvalue weighted by atomic mass is 10.2. The molecule has 0 aromatic heterocycles. The maximum Gasteiger partial charge on any atom is 0.574 e. The summed E-state index contributed by atoms with van der Waals surface area (Å²) >= 11 is 0. The maximum absolute atomic E-state index is 12.5. The van der Waals surface area contributed by atoms with Gasteiger partial charge in [-0.25, -0.2) is 15.5 Å². The number of hydrogen-bond donors (Lipinski definition) is 2. The molecule has 0 saturated heterocycles. The summed E-state index contributed by atoms with van der Waals surface area (Å²) in [7, 11) is -4.34. The number of phosphoric acid groups is 1. The van der Waals surface area contributed by atoms with Crippen molar-refractivity contribution in [2.24, 2.45) is 0 Å². The molecule has 0 radical (unpaired) electrons. The quantitative estimate of drug-likeness (QED) is 0.423. The van der Waals surface area contributed by atoms with Gasteiger partial charge >= 0.3 is 7.82 Å². The highest BCUT2D eigenvalue weighted by Gasteiger charge is 2.32. The molecule has 1 rings (SSSR count). The summed E-state index contributed by atoms with van der Waals surface area (Å²) in [6.45, 7) is 5.11. The Labute approximate surface area is 140 Å². The zero-order valence-corrected chi connectivity index (χ0v) is 14.4. The van der Waals surface area contributed by atoms with E-state index >= 15 is 0 Å². The first-order valence-electron chi connectivity index (χ1n) is 6.97. The number of rotatable bonds is 8. The van der Waals surface area contributed by atoms with Gasteiger partial charge in [0, 0.05) is 12.2 Å². The van der Waals surface area contributed by atoms with Crippen molar-refractivity contribution >= 4 is 19.6 Å². The fraction of sp³-hybridized carbons (Fsp3) is 0.200. The molecule has 0 spiro atoms. The standard InChI is InChI=1S/C15H19N2O6P/c1-4-6-14(18)16-22-24(20,23-17-15(19)7-5-2)21-13-10-8-12(3)9-11-13/h4-11H,1-3H3,(H,16,18)(H,17,19)/b6-4+,7-5+. The molecule has 2 N–H and O–H groups in total. The molecule has 9 heteroatoms. The van der Waals surface area contributed by atoms with Crippen LogP contribution < -0.4 is 15.5 Å². The van der Waals surface area contributed by atoms with E-state index in [9.17, 15) is 14.2 Å². The normalized spacial score (nSPS) is 11.6. The van der Waals surface area contributed by atoms with Gasteiger partial charge in [-0.05, 0) is 32.9 Å². The van der Waals surface area contributed by atoms with Crippen LogP contribution in [0.15, 0.2) is 48.6 Å². The third-order valence-corrected chi connectivity index (χ3v) is 3.45. The fourth-order valence-electron chi connectivity index (χ4n) is 1.36. The molecule has 0 saturated carbocycles. The van der Waals surface area contributed by atoms with Crippen LogP contribution in [-0.4, -0.2) is 11.8 Å². The van der Waals surface area contributed by atoms with Gasteiger partial charge in [-0.1, -0.05) is 29.8 Å². The molecule has 0 aliphatic carbocycles. The summed E-state index contributed by atoms with van der Waals surface area (Å²) in [6.07, 6.45) is 5.21. The SMILES string of the molecule is C/C=C/C(=O)NOP(=O)(ONC(=O)/C=C/C)Oc1ccc(C)cc1. The monoisotopic (exact) mass is 354 g/mol. The van der Waals surface area contributed by atoms with Crippen LogP contribution in [0.4, 0.5) is 0 Å². The largest absolute Gasteiger partial charge is 0.574 e. The maximum atomic E-state index is 12.5. The van der Waals surface area contributed by atoms with Crippen molar-refractivity contribution in [2.45, 2.75) is 20.8 Å². The van der Waals surface area contributed by atoms with Gasteiger partial charge in [0.1, 0.15) is 5.75 Å². The number of allylic oxidation sites excluding steroid dienone is 2. The van der Waals surface area contributed by atoms with Crippen LogP contribution >= 0.6 is 7.82 Å². The van der Waals surface area contributed by atoms with E-state index < -0.39 is 19.6 Å². The molecule has 0 unspecified atom stereocenters. The van der Waals surface area contributed by atoms with Gasteiger partial charge in [-0.2, -0.15) is 9.25 Å². The second-order valence-corrected chi connectivity index (χ2v) is 5.91. The molecule has 1 aromatic rings. The zero-order chi connectivity index (χ0) is 18.0. The number of benzene rings is 1. The minimum atomic E-state index is -4.34. The van der Waals surface area contributed by atoms with Gasteiger partial charge in [0.15, 0.2) is 0 Å². The smallest absolute Gasteiger partial charge is 0.402 e. The molecular weight excluding hydrogens is 335 g/mol. The van der Waals surface area contributed by atoms with E-state index in [1.165, 1.54) is 24.3 Å². The van der Waals surface area contributed by atoms with Crippen LogP contribution in [0.1, 0.15) is 19.4 Å². The van der Waals surface area contributed by atoms with Gasteiger partial charge < -0.3 is 4.52 Å². The van der Waals surface area contributed by atoms with Gasteiger partial charge in [0.2, 0.25) is 0 Å². The lowest BCUT2D eigenvalue weighted by molar-refractivity contribution is -0.126. The van der Waals surface area contributed by atoms with Crippen LogP contribution in [-0.2, 0) is 23.4 Å². The van der Waals surface area contributed by atoms with Crippen LogP contribution in [0, 0.1) is 6.92 Å².